The molecule has 0 bridgehead atoms. The Labute approximate surface area is 172 Å². The Kier molecular flexibility index (Phi) is 6.26. The van der Waals surface area contributed by atoms with Gasteiger partial charge in [-0.2, -0.15) is 5.10 Å². The number of aromatic nitrogens is 2. The first-order chi connectivity index (χ1) is 13.4. The Morgan fingerprint density at radius 2 is 1.89 bits per heavy atom. The van der Waals surface area contributed by atoms with Gasteiger partial charge in [-0.05, 0) is 57.9 Å². The van der Waals surface area contributed by atoms with Crippen LogP contribution in [0.4, 0.5) is 5.69 Å². The number of carbonyl (C=O) groups excluding carboxylic acids is 2. The molecule has 144 valence electrons. The zero-order valence-corrected chi connectivity index (χ0v) is 17.2. The number of halogens is 1. The van der Waals surface area contributed by atoms with Crippen molar-refractivity contribution in [2.24, 2.45) is 5.92 Å². The maximum atomic E-state index is 12.4. The van der Waals surface area contributed by atoms with Gasteiger partial charge in [0.25, 0.3) is 5.91 Å². The fourth-order valence-electron chi connectivity index (χ4n) is 2.54. The molecule has 1 aromatic heterocycles. The molecule has 3 aromatic rings. The molecule has 0 radical (unpaired) electrons. The molecule has 2 amide bonds. The predicted octanol–water partition coefficient (Wildman–Crippen LogP) is 4.16. The number of nitrogens with zero attached hydrogens (tertiary/aromatic N) is 2. The minimum Gasteiger partial charge on any atom is -0.348 e. The largest absolute Gasteiger partial charge is 0.348 e. The molecule has 0 spiro atoms. The van der Waals surface area contributed by atoms with E-state index < -0.39 is 0 Å². The van der Waals surface area contributed by atoms with Crippen molar-refractivity contribution in [3.05, 3.63) is 76.5 Å². The Bertz CT molecular complexity index is 980. The molecule has 2 aromatic carbocycles. The first kappa shape index (κ1) is 19.8. The number of anilines is 1. The van der Waals surface area contributed by atoms with E-state index in [1.54, 1.807) is 23.0 Å². The van der Waals surface area contributed by atoms with Gasteiger partial charge in [-0.15, -0.1) is 0 Å². The SMILES string of the molecule is CC(C)C(=O)Nc1cccc(CNC(=O)c2ccc(-n3cc(Br)cn3)cc2)c1. The summed E-state index contributed by atoms with van der Waals surface area (Å²) in [7, 11) is 0. The molecule has 7 heteroatoms. The highest BCUT2D eigenvalue weighted by Gasteiger charge is 2.09. The maximum absolute atomic E-state index is 12.4. The molecule has 0 fully saturated rings. The molecule has 1 heterocycles. The maximum Gasteiger partial charge on any atom is 0.251 e. The van der Waals surface area contributed by atoms with E-state index in [9.17, 15) is 9.59 Å². The van der Waals surface area contributed by atoms with Crippen molar-refractivity contribution < 1.29 is 9.59 Å². The smallest absolute Gasteiger partial charge is 0.251 e. The van der Waals surface area contributed by atoms with E-state index in [0.717, 1.165) is 21.4 Å². The summed E-state index contributed by atoms with van der Waals surface area (Å²) in [5, 5.41) is 9.98. The Balaban J connectivity index is 1.60. The van der Waals surface area contributed by atoms with Crippen molar-refractivity contribution >= 4 is 33.4 Å². The molecule has 6 nitrogen and oxygen atoms in total. The van der Waals surface area contributed by atoms with Crippen molar-refractivity contribution in [1.82, 2.24) is 15.1 Å². The monoisotopic (exact) mass is 440 g/mol. The van der Waals surface area contributed by atoms with Crippen LogP contribution in [-0.4, -0.2) is 21.6 Å². The van der Waals surface area contributed by atoms with Gasteiger partial charge in [-0.1, -0.05) is 26.0 Å². The van der Waals surface area contributed by atoms with Crippen molar-refractivity contribution in [1.29, 1.82) is 0 Å². The highest BCUT2D eigenvalue weighted by Crippen LogP contribution is 2.14. The first-order valence-corrected chi connectivity index (χ1v) is 9.70. The summed E-state index contributed by atoms with van der Waals surface area (Å²) < 4.78 is 2.61. The van der Waals surface area contributed by atoms with Crippen LogP contribution < -0.4 is 10.6 Å². The minimum absolute atomic E-state index is 0.0366. The van der Waals surface area contributed by atoms with Crippen LogP contribution in [-0.2, 0) is 11.3 Å². The predicted molar refractivity (Wildman–Crippen MR) is 112 cm³/mol. The van der Waals surface area contributed by atoms with Crippen LogP contribution in [0.3, 0.4) is 0 Å². The van der Waals surface area contributed by atoms with Crippen molar-refractivity contribution in [2.45, 2.75) is 20.4 Å². The summed E-state index contributed by atoms with van der Waals surface area (Å²) in [4.78, 5) is 24.2. The fraction of sp³-hybridized carbons (Fsp3) is 0.190. The molecule has 0 saturated heterocycles. The molecule has 0 aliphatic rings. The zero-order valence-electron chi connectivity index (χ0n) is 15.6. The van der Waals surface area contributed by atoms with Crippen LogP contribution in [0.5, 0.6) is 0 Å². The van der Waals surface area contributed by atoms with E-state index in [2.05, 4.69) is 31.7 Å². The minimum atomic E-state index is -0.162. The third-order valence-electron chi connectivity index (χ3n) is 4.12. The molecule has 3 rings (SSSR count). The number of carbonyl (C=O) groups is 2. The van der Waals surface area contributed by atoms with Gasteiger partial charge in [-0.3, -0.25) is 9.59 Å². The van der Waals surface area contributed by atoms with Crippen LogP contribution in [0, 0.1) is 5.92 Å². The molecular weight excluding hydrogens is 420 g/mol. The first-order valence-electron chi connectivity index (χ1n) is 8.91. The Morgan fingerprint density at radius 1 is 1.14 bits per heavy atom. The van der Waals surface area contributed by atoms with Gasteiger partial charge in [0.2, 0.25) is 5.91 Å². The van der Waals surface area contributed by atoms with Gasteiger partial charge in [0.1, 0.15) is 0 Å². The zero-order chi connectivity index (χ0) is 20.1. The highest BCUT2D eigenvalue weighted by molar-refractivity contribution is 9.10. The second-order valence-electron chi connectivity index (χ2n) is 6.68. The van der Waals surface area contributed by atoms with E-state index in [1.807, 2.05) is 56.4 Å². The molecule has 0 atom stereocenters. The molecule has 0 aliphatic heterocycles. The molecular formula is C21H21BrN4O2. The Hall–Kier alpha value is -2.93. The topological polar surface area (TPSA) is 76.0 Å². The fourth-order valence-corrected chi connectivity index (χ4v) is 2.82. The molecule has 28 heavy (non-hydrogen) atoms. The summed E-state index contributed by atoms with van der Waals surface area (Å²) in [6, 6.07) is 14.7. The molecule has 0 unspecified atom stereocenters. The van der Waals surface area contributed by atoms with Gasteiger partial charge in [0.15, 0.2) is 0 Å². The summed E-state index contributed by atoms with van der Waals surface area (Å²) in [5.74, 6) is -0.288. The van der Waals surface area contributed by atoms with Crippen LogP contribution >= 0.6 is 15.9 Å². The van der Waals surface area contributed by atoms with Gasteiger partial charge in [-0.25, -0.2) is 4.68 Å². The van der Waals surface area contributed by atoms with Gasteiger partial charge in [0, 0.05) is 29.9 Å². The summed E-state index contributed by atoms with van der Waals surface area (Å²) in [6.07, 6.45) is 3.55. The van der Waals surface area contributed by atoms with Crippen molar-refractivity contribution in [2.75, 3.05) is 5.32 Å². The third kappa shape index (κ3) is 5.07. The number of rotatable bonds is 6. The third-order valence-corrected chi connectivity index (χ3v) is 4.53. The lowest BCUT2D eigenvalue weighted by Crippen LogP contribution is -2.23. The van der Waals surface area contributed by atoms with Crippen molar-refractivity contribution in [3.8, 4) is 5.69 Å². The second kappa shape index (κ2) is 8.84. The van der Waals surface area contributed by atoms with Crippen molar-refractivity contribution in [3.63, 3.8) is 0 Å². The standard InChI is InChI=1S/C21H21BrN4O2/c1-14(2)20(27)25-18-5-3-4-15(10-18)11-23-21(28)16-6-8-19(9-7-16)26-13-17(22)12-24-26/h3-10,12-14H,11H2,1-2H3,(H,23,28)(H,25,27). The number of benzene rings is 2. The lowest BCUT2D eigenvalue weighted by molar-refractivity contribution is -0.118. The average Bonchev–Trinajstić information content (AvgIpc) is 3.13. The molecule has 2 N–H and O–H groups in total. The molecule has 0 saturated carbocycles. The van der Waals surface area contributed by atoms with Gasteiger partial charge in [0.05, 0.1) is 16.4 Å². The second-order valence-corrected chi connectivity index (χ2v) is 7.59. The molecule has 0 aliphatic carbocycles. The summed E-state index contributed by atoms with van der Waals surface area (Å²) in [6.45, 7) is 4.06. The number of hydrogen-bond acceptors (Lipinski definition) is 3. The van der Waals surface area contributed by atoms with Gasteiger partial charge < -0.3 is 10.6 Å². The Morgan fingerprint density at radius 3 is 2.54 bits per heavy atom. The van der Waals surface area contributed by atoms with E-state index in [-0.39, 0.29) is 17.7 Å². The lowest BCUT2D eigenvalue weighted by atomic mass is 10.1. The average molecular weight is 441 g/mol. The van der Waals surface area contributed by atoms with Crippen LogP contribution in [0.15, 0.2) is 65.4 Å². The number of hydrogen-bond donors (Lipinski definition) is 2. The van der Waals surface area contributed by atoms with Crippen LogP contribution in [0.2, 0.25) is 0 Å². The quantitative estimate of drug-likeness (QED) is 0.603. The van der Waals surface area contributed by atoms with E-state index in [1.165, 1.54) is 0 Å². The van der Waals surface area contributed by atoms with Gasteiger partial charge >= 0.3 is 0 Å². The lowest BCUT2D eigenvalue weighted by Gasteiger charge is -2.10. The highest BCUT2D eigenvalue weighted by atomic mass is 79.9. The summed E-state index contributed by atoms with van der Waals surface area (Å²) in [5.41, 5.74) is 3.07. The number of nitrogens with one attached hydrogen (secondary N) is 2. The van der Waals surface area contributed by atoms with E-state index in [4.69, 9.17) is 0 Å². The normalized spacial score (nSPS) is 10.7. The number of amides is 2. The van der Waals surface area contributed by atoms with E-state index >= 15 is 0 Å². The summed E-state index contributed by atoms with van der Waals surface area (Å²) >= 11 is 3.36. The van der Waals surface area contributed by atoms with E-state index in [0.29, 0.717) is 12.1 Å². The van der Waals surface area contributed by atoms with Crippen LogP contribution in [0.1, 0.15) is 29.8 Å². The van der Waals surface area contributed by atoms with Crippen LogP contribution in [0.25, 0.3) is 5.69 Å².